The molecule has 0 spiro atoms. The van der Waals surface area contributed by atoms with E-state index in [1.165, 1.54) is 110 Å². The van der Waals surface area contributed by atoms with Gasteiger partial charge in [0.15, 0.2) is 0 Å². The molecule has 0 saturated heterocycles. The summed E-state index contributed by atoms with van der Waals surface area (Å²) in [7, 11) is 0. The van der Waals surface area contributed by atoms with E-state index in [9.17, 15) is 0 Å². The molecular formula is C66H43N3. The van der Waals surface area contributed by atoms with Gasteiger partial charge in [0.1, 0.15) is 0 Å². The van der Waals surface area contributed by atoms with Crippen LogP contribution in [0.15, 0.2) is 261 Å². The molecular weight excluding hydrogens is 835 g/mol. The van der Waals surface area contributed by atoms with Crippen molar-refractivity contribution in [3.63, 3.8) is 0 Å². The third-order valence-corrected chi connectivity index (χ3v) is 14.3. The third kappa shape index (κ3) is 6.29. The summed E-state index contributed by atoms with van der Waals surface area (Å²) in [6.07, 6.45) is 0. The second-order valence-corrected chi connectivity index (χ2v) is 18.1. The minimum atomic E-state index is 1.15. The largest absolute Gasteiger partial charge is 0.309 e. The van der Waals surface area contributed by atoms with Gasteiger partial charge >= 0.3 is 0 Å². The SMILES string of the molecule is c1ccc(-c2ccc(-n3c4ccc(-c5ccc(-n6c7ccccc7c7ccccc76)cc5)cc4c4cc(-c5ccc(-n6c7ccccc7c7ccccc76)cc5)ccc43)c(-c3ccccc3)c2)cc1. The van der Waals surface area contributed by atoms with Crippen LogP contribution in [0.4, 0.5) is 0 Å². The normalized spacial score (nSPS) is 11.8. The Morgan fingerprint density at radius 1 is 0.188 bits per heavy atom. The fourth-order valence-corrected chi connectivity index (χ4v) is 11.0. The zero-order chi connectivity index (χ0) is 45.4. The highest BCUT2D eigenvalue weighted by atomic mass is 15.0. The van der Waals surface area contributed by atoms with Crippen molar-refractivity contribution in [1.29, 1.82) is 0 Å². The number of nitrogens with zero attached hydrogens (tertiary/aromatic N) is 3. The van der Waals surface area contributed by atoms with Gasteiger partial charge in [0.25, 0.3) is 0 Å². The lowest BCUT2D eigenvalue weighted by molar-refractivity contribution is 1.18. The quantitative estimate of drug-likeness (QED) is 0.152. The molecule has 14 rings (SSSR count). The molecule has 0 atom stereocenters. The van der Waals surface area contributed by atoms with Gasteiger partial charge in [0, 0.05) is 49.3 Å². The second-order valence-electron chi connectivity index (χ2n) is 18.1. The Kier molecular flexibility index (Phi) is 8.90. The van der Waals surface area contributed by atoms with Crippen LogP contribution in [0.3, 0.4) is 0 Å². The van der Waals surface area contributed by atoms with E-state index in [0.717, 1.165) is 17.1 Å². The van der Waals surface area contributed by atoms with Gasteiger partial charge in [-0.25, -0.2) is 0 Å². The zero-order valence-electron chi connectivity index (χ0n) is 37.7. The molecule has 0 radical (unpaired) electrons. The van der Waals surface area contributed by atoms with Crippen LogP contribution >= 0.6 is 0 Å². The lowest BCUT2D eigenvalue weighted by Gasteiger charge is -2.16. The van der Waals surface area contributed by atoms with Gasteiger partial charge in [-0.1, -0.05) is 176 Å². The van der Waals surface area contributed by atoms with Crippen LogP contribution in [0.2, 0.25) is 0 Å². The van der Waals surface area contributed by atoms with Crippen molar-refractivity contribution in [2.45, 2.75) is 0 Å². The van der Waals surface area contributed by atoms with Crippen LogP contribution in [-0.2, 0) is 0 Å². The first-order valence-electron chi connectivity index (χ1n) is 23.8. The number of hydrogen-bond donors (Lipinski definition) is 0. The highest BCUT2D eigenvalue weighted by Gasteiger charge is 2.20. The summed E-state index contributed by atoms with van der Waals surface area (Å²) in [6, 6.07) is 95.5. The summed E-state index contributed by atoms with van der Waals surface area (Å²) in [5.41, 5.74) is 20.1. The molecule has 0 fully saturated rings. The molecule has 0 unspecified atom stereocenters. The number of fused-ring (bicyclic) bond motifs is 9. The predicted molar refractivity (Wildman–Crippen MR) is 291 cm³/mol. The topological polar surface area (TPSA) is 14.8 Å². The average molecular weight is 878 g/mol. The maximum absolute atomic E-state index is 2.48. The van der Waals surface area contributed by atoms with Gasteiger partial charge in [-0.2, -0.15) is 0 Å². The molecule has 0 aliphatic carbocycles. The van der Waals surface area contributed by atoms with Crippen molar-refractivity contribution < 1.29 is 0 Å². The summed E-state index contributed by atoms with van der Waals surface area (Å²) in [6.45, 7) is 0. The maximum atomic E-state index is 2.48. The fourth-order valence-electron chi connectivity index (χ4n) is 11.0. The Labute approximate surface area is 399 Å². The molecule has 3 heterocycles. The van der Waals surface area contributed by atoms with Gasteiger partial charge < -0.3 is 13.7 Å². The molecule has 0 aliphatic rings. The standard InChI is InChI=1S/C66H43N3/c1-3-15-44(16-4-1)48-31-38-64(57(41-48)47-17-5-2-6-18-47)69-65-39-32-49(45-27-34-51(35-28-45)67-60-23-11-7-19-53(60)54-20-8-12-24-61(54)67)42-58(65)59-43-50(33-40-66(59)69)46-29-36-52(37-30-46)68-62-25-13-9-21-55(62)56-22-10-14-26-63(56)68/h1-43H. The molecule has 0 N–H and O–H groups in total. The van der Waals surface area contributed by atoms with E-state index in [2.05, 4.69) is 275 Å². The van der Waals surface area contributed by atoms with Gasteiger partial charge in [-0.3, -0.25) is 0 Å². The van der Waals surface area contributed by atoms with Crippen molar-refractivity contribution in [1.82, 2.24) is 13.7 Å². The molecule has 11 aromatic carbocycles. The minimum absolute atomic E-state index is 1.15. The Morgan fingerprint density at radius 2 is 0.507 bits per heavy atom. The van der Waals surface area contributed by atoms with E-state index in [1.54, 1.807) is 0 Å². The summed E-state index contributed by atoms with van der Waals surface area (Å²) >= 11 is 0. The second kappa shape index (κ2) is 15.7. The fraction of sp³-hybridized carbons (Fsp3) is 0. The minimum Gasteiger partial charge on any atom is -0.309 e. The summed E-state index contributed by atoms with van der Waals surface area (Å²) in [4.78, 5) is 0. The average Bonchev–Trinajstić information content (AvgIpc) is 4.07. The van der Waals surface area contributed by atoms with Crippen LogP contribution in [0.25, 0.3) is 127 Å². The Balaban J connectivity index is 0.935. The number of para-hydroxylation sites is 4. The third-order valence-electron chi connectivity index (χ3n) is 14.3. The summed E-state index contributed by atoms with van der Waals surface area (Å²) in [5, 5.41) is 7.49. The molecule has 14 aromatic rings. The van der Waals surface area contributed by atoms with Crippen molar-refractivity contribution in [2.24, 2.45) is 0 Å². The molecule has 0 aliphatic heterocycles. The molecule has 0 amide bonds. The van der Waals surface area contributed by atoms with E-state index in [-0.39, 0.29) is 0 Å². The van der Waals surface area contributed by atoms with Gasteiger partial charge in [0.2, 0.25) is 0 Å². The highest BCUT2D eigenvalue weighted by molar-refractivity contribution is 6.13. The smallest absolute Gasteiger partial charge is 0.0541 e. The van der Waals surface area contributed by atoms with Gasteiger partial charge in [-0.05, 0) is 124 Å². The van der Waals surface area contributed by atoms with Crippen molar-refractivity contribution >= 4 is 65.4 Å². The van der Waals surface area contributed by atoms with Gasteiger partial charge in [0.05, 0.1) is 38.8 Å². The maximum Gasteiger partial charge on any atom is 0.0541 e. The predicted octanol–water partition coefficient (Wildman–Crippen LogP) is 17.6. The molecule has 0 bridgehead atoms. The first kappa shape index (κ1) is 39.0. The summed E-state index contributed by atoms with van der Waals surface area (Å²) in [5.74, 6) is 0. The summed E-state index contributed by atoms with van der Waals surface area (Å²) < 4.78 is 7.25. The molecule has 3 heteroatoms. The number of rotatable bonds is 7. The number of aromatic nitrogens is 3. The lowest BCUT2D eigenvalue weighted by atomic mass is 9.97. The number of benzene rings is 11. The number of hydrogen-bond acceptors (Lipinski definition) is 0. The van der Waals surface area contributed by atoms with Crippen LogP contribution < -0.4 is 0 Å². The van der Waals surface area contributed by atoms with Crippen LogP contribution in [0, 0.1) is 0 Å². The van der Waals surface area contributed by atoms with Gasteiger partial charge in [-0.15, -0.1) is 0 Å². The highest BCUT2D eigenvalue weighted by Crippen LogP contribution is 2.42. The van der Waals surface area contributed by atoms with Crippen LogP contribution in [0.5, 0.6) is 0 Å². The molecule has 3 aromatic heterocycles. The molecule has 0 saturated carbocycles. The first-order valence-corrected chi connectivity index (χ1v) is 23.8. The Hall–Kier alpha value is -9.18. The van der Waals surface area contributed by atoms with Crippen LogP contribution in [-0.4, -0.2) is 13.7 Å². The van der Waals surface area contributed by atoms with Crippen molar-refractivity contribution in [2.75, 3.05) is 0 Å². The van der Waals surface area contributed by atoms with Crippen molar-refractivity contribution in [3.05, 3.63) is 261 Å². The monoisotopic (exact) mass is 877 g/mol. The van der Waals surface area contributed by atoms with E-state index in [4.69, 9.17) is 0 Å². The first-order chi connectivity index (χ1) is 34.2. The molecule has 69 heavy (non-hydrogen) atoms. The molecule has 3 nitrogen and oxygen atoms in total. The van der Waals surface area contributed by atoms with Crippen LogP contribution in [0.1, 0.15) is 0 Å². The van der Waals surface area contributed by atoms with E-state index in [1.807, 2.05) is 0 Å². The molecule has 322 valence electrons. The Morgan fingerprint density at radius 3 is 0.942 bits per heavy atom. The van der Waals surface area contributed by atoms with E-state index >= 15 is 0 Å². The van der Waals surface area contributed by atoms with Crippen molar-refractivity contribution in [3.8, 4) is 61.6 Å². The lowest BCUT2D eigenvalue weighted by Crippen LogP contribution is -1.98. The zero-order valence-corrected chi connectivity index (χ0v) is 37.7. The van der Waals surface area contributed by atoms with E-state index < -0.39 is 0 Å². The Bertz CT molecular complexity index is 3940. The van der Waals surface area contributed by atoms with E-state index in [0.29, 0.717) is 0 Å².